The van der Waals surface area contributed by atoms with Gasteiger partial charge in [0.05, 0.1) is 12.0 Å². The number of halogens is 2. The van der Waals surface area contributed by atoms with Crippen molar-refractivity contribution in [3.05, 3.63) is 75.2 Å². The molecule has 1 amide bonds. The number of nitrogens with one attached hydrogen (secondary N) is 1. The van der Waals surface area contributed by atoms with Crippen LogP contribution < -0.4 is 5.43 Å². The number of nitrogens with zero attached hydrogens (tertiary/aromatic N) is 3. The summed E-state index contributed by atoms with van der Waals surface area (Å²) < 4.78 is 2.37. The van der Waals surface area contributed by atoms with Crippen LogP contribution in [0, 0.1) is 0 Å². The van der Waals surface area contributed by atoms with Crippen molar-refractivity contribution in [3.8, 4) is 0 Å². The number of carbonyl (C=O) groups is 1. The Bertz CT molecular complexity index is 1030. The first kappa shape index (κ1) is 23.0. The Morgan fingerprint density at radius 1 is 1.10 bits per heavy atom. The van der Waals surface area contributed by atoms with Crippen molar-refractivity contribution in [2.24, 2.45) is 5.10 Å². The van der Waals surface area contributed by atoms with Crippen LogP contribution in [-0.2, 0) is 10.5 Å². The molecule has 1 heterocycles. The van der Waals surface area contributed by atoms with Crippen molar-refractivity contribution >= 4 is 80.6 Å². The molecule has 30 heavy (non-hydrogen) atoms. The minimum atomic E-state index is -0.207. The van der Waals surface area contributed by atoms with Crippen molar-refractivity contribution < 1.29 is 4.79 Å². The van der Waals surface area contributed by atoms with Gasteiger partial charge in [0, 0.05) is 15.3 Å². The Morgan fingerprint density at radius 2 is 1.80 bits per heavy atom. The number of thioether (sulfide) groups is 2. The highest BCUT2D eigenvalue weighted by Gasteiger charge is 2.08. The van der Waals surface area contributed by atoms with Crippen molar-refractivity contribution in [1.29, 1.82) is 0 Å². The number of hydrogen-bond donors (Lipinski definition) is 1. The van der Waals surface area contributed by atoms with E-state index in [1.165, 1.54) is 28.7 Å². The quantitative estimate of drug-likeness (QED) is 0.202. The van der Waals surface area contributed by atoms with E-state index in [0.29, 0.717) is 0 Å². The van der Waals surface area contributed by atoms with Gasteiger partial charge in [-0.2, -0.15) is 5.10 Å². The molecule has 5 nitrogen and oxygen atoms in total. The molecule has 0 bridgehead atoms. The van der Waals surface area contributed by atoms with Crippen molar-refractivity contribution in [2.45, 2.75) is 14.4 Å². The molecule has 0 spiro atoms. The summed E-state index contributed by atoms with van der Waals surface area (Å²) in [7, 11) is 0. The SMILES string of the molecule is O=C(CSc1nnc(SCc2ccc(Cl)cc2)s1)N/N=C\C(Br)=C\c1ccccc1. The van der Waals surface area contributed by atoms with E-state index >= 15 is 0 Å². The smallest absolute Gasteiger partial charge is 0.250 e. The van der Waals surface area contributed by atoms with E-state index in [1.807, 2.05) is 60.7 Å². The molecular weight excluding hydrogens is 524 g/mol. The van der Waals surface area contributed by atoms with Crippen LogP contribution in [0.2, 0.25) is 5.02 Å². The van der Waals surface area contributed by atoms with Crippen molar-refractivity contribution in [1.82, 2.24) is 15.6 Å². The van der Waals surface area contributed by atoms with Gasteiger partial charge < -0.3 is 0 Å². The van der Waals surface area contributed by atoms with Gasteiger partial charge in [0.25, 0.3) is 5.91 Å². The number of carbonyl (C=O) groups excluding carboxylic acids is 1. The van der Waals surface area contributed by atoms with Gasteiger partial charge in [0.1, 0.15) is 0 Å². The Morgan fingerprint density at radius 3 is 2.53 bits per heavy atom. The van der Waals surface area contributed by atoms with Crippen LogP contribution in [0.1, 0.15) is 11.1 Å². The highest BCUT2D eigenvalue weighted by atomic mass is 79.9. The largest absolute Gasteiger partial charge is 0.272 e. The lowest BCUT2D eigenvalue weighted by Gasteiger charge is -1.98. The van der Waals surface area contributed by atoms with Gasteiger partial charge >= 0.3 is 0 Å². The third-order valence-electron chi connectivity index (χ3n) is 3.47. The number of allylic oxidation sites excluding steroid dienone is 1. The highest BCUT2D eigenvalue weighted by molar-refractivity contribution is 9.12. The third kappa shape index (κ3) is 8.23. The number of rotatable bonds is 9. The second-order valence-corrected chi connectivity index (χ2v) is 10.5. The zero-order chi connectivity index (χ0) is 21.2. The first-order valence-corrected chi connectivity index (χ1v) is 12.6. The molecule has 0 fully saturated rings. The van der Waals surface area contributed by atoms with Crippen molar-refractivity contribution in [3.63, 3.8) is 0 Å². The Labute approximate surface area is 200 Å². The molecule has 10 heteroatoms. The molecule has 1 aromatic heterocycles. The molecule has 0 aliphatic heterocycles. The molecule has 0 unspecified atom stereocenters. The van der Waals surface area contributed by atoms with E-state index in [0.717, 1.165) is 29.5 Å². The molecule has 0 aliphatic carbocycles. The molecule has 1 N–H and O–H groups in total. The van der Waals surface area contributed by atoms with Crippen LogP contribution in [0.15, 0.2) is 72.9 Å². The molecule has 3 rings (SSSR count). The van der Waals surface area contributed by atoms with Crippen LogP contribution in [0.4, 0.5) is 0 Å². The summed E-state index contributed by atoms with van der Waals surface area (Å²) in [4.78, 5) is 12.0. The van der Waals surface area contributed by atoms with Gasteiger partial charge in [-0.05, 0) is 45.3 Å². The zero-order valence-electron chi connectivity index (χ0n) is 15.5. The van der Waals surface area contributed by atoms with Gasteiger partial charge in [-0.1, -0.05) is 88.9 Å². The fourth-order valence-electron chi connectivity index (χ4n) is 2.11. The molecule has 0 saturated carbocycles. The van der Waals surface area contributed by atoms with E-state index in [9.17, 15) is 4.79 Å². The van der Waals surface area contributed by atoms with Gasteiger partial charge in [0.15, 0.2) is 8.68 Å². The number of hydrogen-bond acceptors (Lipinski definition) is 7. The van der Waals surface area contributed by atoms with E-state index in [1.54, 1.807) is 18.0 Å². The summed E-state index contributed by atoms with van der Waals surface area (Å²) in [5.41, 5.74) is 4.71. The topological polar surface area (TPSA) is 67.2 Å². The number of hydrazone groups is 1. The number of benzene rings is 2. The van der Waals surface area contributed by atoms with Gasteiger partial charge in [-0.15, -0.1) is 10.2 Å². The minimum absolute atomic E-state index is 0.207. The normalized spacial score (nSPS) is 11.7. The predicted octanol–water partition coefficient (Wildman–Crippen LogP) is 6.11. The second-order valence-electron chi connectivity index (χ2n) is 5.77. The van der Waals surface area contributed by atoms with Gasteiger partial charge in [-0.25, -0.2) is 5.43 Å². The summed E-state index contributed by atoms with van der Waals surface area (Å²) in [6.07, 6.45) is 3.46. The molecule has 0 aliphatic rings. The summed E-state index contributed by atoms with van der Waals surface area (Å²) >= 11 is 13.7. The third-order valence-corrected chi connectivity index (χ3v) is 7.42. The first-order valence-electron chi connectivity index (χ1n) is 8.66. The van der Waals surface area contributed by atoms with Crippen molar-refractivity contribution in [2.75, 3.05) is 5.75 Å². The molecule has 0 radical (unpaired) electrons. The van der Waals surface area contributed by atoms with Gasteiger partial charge in [-0.3, -0.25) is 4.79 Å². The Balaban J connectivity index is 1.39. The van der Waals surface area contributed by atoms with Crippen LogP contribution in [0.25, 0.3) is 6.08 Å². The van der Waals surface area contributed by atoms with Crippen LogP contribution >= 0.6 is 62.4 Å². The maximum absolute atomic E-state index is 12.0. The second kappa shape index (κ2) is 12.3. The Kier molecular flexibility index (Phi) is 9.41. The van der Waals surface area contributed by atoms with E-state index in [4.69, 9.17) is 11.6 Å². The van der Waals surface area contributed by atoms with Gasteiger partial charge in [0.2, 0.25) is 0 Å². The lowest BCUT2D eigenvalue weighted by atomic mass is 10.2. The van der Waals surface area contributed by atoms with E-state index in [-0.39, 0.29) is 11.7 Å². The minimum Gasteiger partial charge on any atom is -0.272 e. The fraction of sp³-hybridized carbons (Fsp3) is 0.100. The summed E-state index contributed by atoms with van der Waals surface area (Å²) in [6, 6.07) is 17.5. The highest BCUT2D eigenvalue weighted by Crippen LogP contribution is 2.30. The summed E-state index contributed by atoms with van der Waals surface area (Å²) in [6.45, 7) is 0. The average Bonchev–Trinajstić information content (AvgIpc) is 3.20. The Hall–Kier alpha value is -1.65. The maximum atomic E-state index is 12.0. The fourth-order valence-corrected chi connectivity index (χ4v) is 5.37. The molecule has 0 saturated heterocycles. The first-order chi connectivity index (χ1) is 14.6. The van der Waals surface area contributed by atoms with E-state index in [2.05, 4.69) is 36.7 Å². The van der Waals surface area contributed by atoms with Crippen LogP contribution in [-0.4, -0.2) is 28.1 Å². The maximum Gasteiger partial charge on any atom is 0.250 e. The summed E-state index contributed by atoms with van der Waals surface area (Å²) in [5.74, 6) is 0.798. The van der Waals surface area contributed by atoms with Crippen LogP contribution in [0.5, 0.6) is 0 Å². The molecule has 0 atom stereocenters. The predicted molar refractivity (Wildman–Crippen MR) is 132 cm³/mol. The standard InChI is InChI=1S/C20H16BrClN4OS3/c21-16(10-14-4-2-1-3-5-14)11-23-24-18(27)13-29-20-26-25-19(30-20)28-12-15-6-8-17(22)9-7-15/h1-11H,12-13H2,(H,24,27)/b16-10-,23-11-. The molecule has 154 valence electrons. The number of aromatic nitrogens is 2. The molecular formula is C20H16BrClN4OS3. The average molecular weight is 540 g/mol. The monoisotopic (exact) mass is 538 g/mol. The summed E-state index contributed by atoms with van der Waals surface area (Å²) in [5, 5.41) is 13.0. The lowest BCUT2D eigenvalue weighted by Crippen LogP contribution is -2.19. The zero-order valence-corrected chi connectivity index (χ0v) is 20.3. The number of amides is 1. The van der Waals surface area contributed by atoms with E-state index < -0.39 is 0 Å². The lowest BCUT2D eigenvalue weighted by molar-refractivity contribution is -0.118. The molecule has 3 aromatic rings. The molecule has 2 aromatic carbocycles. The van der Waals surface area contributed by atoms with Crippen LogP contribution in [0.3, 0.4) is 0 Å².